The van der Waals surface area contributed by atoms with E-state index in [1.165, 1.54) is 0 Å². The van der Waals surface area contributed by atoms with E-state index < -0.39 is 11.3 Å². The van der Waals surface area contributed by atoms with Crippen molar-refractivity contribution in [3.8, 4) is 0 Å². The Kier molecular flexibility index (Phi) is 3.45. The molecule has 1 aliphatic carbocycles. The van der Waals surface area contributed by atoms with Crippen LogP contribution in [-0.2, 0) is 10.2 Å². The van der Waals surface area contributed by atoms with E-state index in [1.54, 1.807) is 24.3 Å². The third-order valence-electron chi connectivity index (χ3n) is 4.18. The number of amides is 2. The Morgan fingerprint density at radius 1 is 1.09 bits per heavy atom. The minimum atomic E-state index is -0.476. The van der Waals surface area contributed by atoms with Crippen LogP contribution in [0.1, 0.15) is 34.3 Å². The van der Waals surface area contributed by atoms with Crippen LogP contribution in [-0.4, -0.2) is 11.8 Å². The molecule has 0 saturated heterocycles. The number of anilines is 1. The summed E-state index contributed by atoms with van der Waals surface area (Å²) < 4.78 is 0. The van der Waals surface area contributed by atoms with Gasteiger partial charge in [-0.3, -0.25) is 9.59 Å². The molecule has 112 valence electrons. The second-order valence-electron chi connectivity index (χ2n) is 5.85. The Balaban J connectivity index is 1.78. The predicted molar refractivity (Wildman–Crippen MR) is 85.7 cm³/mol. The van der Waals surface area contributed by atoms with Crippen LogP contribution in [0.4, 0.5) is 5.69 Å². The van der Waals surface area contributed by atoms with Crippen molar-refractivity contribution >= 4 is 17.5 Å². The molecule has 1 fully saturated rings. The fraction of sp³-hybridized carbons (Fsp3) is 0.222. The topological polar surface area (TPSA) is 72.2 Å². The number of rotatable bonds is 4. The zero-order chi connectivity index (χ0) is 15.7. The number of hydrogen-bond donors (Lipinski definition) is 2. The van der Waals surface area contributed by atoms with Crippen molar-refractivity contribution in [3.63, 3.8) is 0 Å². The molecule has 3 rings (SSSR count). The lowest BCUT2D eigenvalue weighted by atomic mass is 9.93. The Labute approximate surface area is 129 Å². The first-order chi connectivity index (χ1) is 10.5. The average Bonchev–Trinajstić information content (AvgIpc) is 3.29. The molecule has 0 aromatic heterocycles. The number of carbonyl (C=O) groups excluding carboxylic acids is 2. The van der Waals surface area contributed by atoms with Crippen LogP contribution >= 0.6 is 0 Å². The molecule has 2 aromatic rings. The van der Waals surface area contributed by atoms with E-state index in [0.29, 0.717) is 11.3 Å². The van der Waals surface area contributed by atoms with E-state index in [4.69, 9.17) is 5.73 Å². The highest BCUT2D eigenvalue weighted by molar-refractivity contribution is 6.02. The largest absolute Gasteiger partial charge is 0.366 e. The lowest BCUT2D eigenvalue weighted by Gasteiger charge is -2.16. The molecule has 0 spiro atoms. The van der Waals surface area contributed by atoms with Crippen molar-refractivity contribution < 1.29 is 9.59 Å². The van der Waals surface area contributed by atoms with Gasteiger partial charge in [-0.2, -0.15) is 0 Å². The summed E-state index contributed by atoms with van der Waals surface area (Å²) in [4.78, 5) is 23.7. The zero-order valence-corrected chi connectivity index (χ0v) is 12.4. The van der Waals surface area contributed by atoms with Crippen LogP contribution in [0.3, 0.4) is 0 Å². The smallest absolute Gasteiger partial charge is 0.248 e. The minimum absolute atomic E-state index is 0.00456. The summed E-state index contributed by atoms with van der Waals surface area (Å²) in [6.07, 6.45) is 1.73. The van der Waals surface area contributed by atoms with Crippen molar-refractivity contribution in [2.75, 3.05) is 5.32 Å². The number of nitrogens with two attached hydrogens (primary N) is 1. The van der Waals surface area contributed by atoms with Crippen LogP contribution in [0.25, 0.3) is 0 Å². The van der Waals surface area contributed by atoms with Gasteiger partial charge in [0.2, 0.25) is 11.8 Å². The van der Waals surface area contributed by atoms with Gasteiger partial charge in [-0.25, -0.2) is 0 Å². The first-order valence-electron chi connectivity index (χ1n) is 7.30. The van der Waals surface area contributed by atoms with Gasteiger partial charge in [-0.15, -0.1) is 0 Å². The molecule has 22 heavy (non-hydrogen) atoms. The van der Waals surface area contributed by atoms with Crippen LogP contribution < -0.4 is 11.1 Å². The Morgan fingerprint density at radius 2 is 1.77 bits per heavy atom. The molecule has 4 nitrogen and oxygen atoms in total. The lowest BCUT2D eigenvalue weighted by molar-refractivity contribution is -0.118. The quantitative estimate of drug-likeness (QED) is 0.910. The molecular formula is C18H18N2O2. The summed E-state index contributed by atoms with van der Waals surface area (Å²) in [7, 11) is 0. The SMILES string of the molecule is Cc1cccc(C2(C(=O)Nc3ccc(C(N)=O)cc3)CC2)c1. The third kappa shape index (κ3) is 2.60. The highest BCUT2D eigenvalue weighted by atomic mass is 16.2. The molecule has 4 heteroatoms. The molecule has 0 unspecified atom stereocenters. The van der Waals surface area contributed by atoms with Gasteiger partial charge in [0, 0.05) is 11.3 Å². The first kappa shape index (κ1) is 14.3. The zero-order valence-electron chi connectivity index (χ0n) is 12.4. The summed E-state index contributed by atoms with van der Waals surface area (Å²) in [6.45, 7) is 2.03. The lowest BCUT2D eigenvalue weighted by Crippen LogP contribution is -2.27. The van der Waals surface area contributed by atoms with Crippen molar-refractivity contribution in [1.82, 2.24) is 0 Å². The summed E-state index contributed by atoms with van der Waals surface area (Å²) in [5, 5.41) is 2.94. The van der Waals surface area contributed by atoms with Crippen LogP contribution in [0.2, 0.25) is 0 Å². The number of carbonyl (C=O) groups is 2. The van der Waals surface area contributed by atoms with E-state index in [1.807, 2.05) is 25.1 Å². The first-order valence-corrected chi connectivity index (χ1v) is 7.30. The molecule has 1 saturated carbocycles. The maximum atomic E-state index is 12.6. The van der Waals surface area contributed by atoms with E-state index in [-0.39, 0.29) is 5.91 Å². The number of benzene rings is 2. The van der Waals surface area contributed by atoms with Gasteiger partial charge in [-0.1, -0.05) is 29.8 Å². The summed E-state index contributed by atoms with van der Waals surface area (Å²) in [6, 6.07) is 14.7. The Hall–Kier alpha value is -2.62. The number of nitrogens with one attached hydrogen (secondary N) is 1. The fourth-order valence-corrected chi connectivity index (χ4v) is 2.68. The highest BCUT2D eigenvalue weighted by Gasteiger charge is 2.51. The number of hydrogen-bond acceptors (Lipinski definition) is 2. The van der Waals surface area contributed by atoms with Gasteiger partial charge >= 0.3 is 0 Å². The molecule has 0 heterocycles. The van der Waals surface area contributed by atoms with Gasteiger partial charge < -0.3 is 11.1 Å². The van der Waals surface area contributed by atoms with Gasteiger partial charge in [0.25, 0.3) is 0 Å². The third-order valence-corrected chi connectivity index (χ3v) is 4.18. The number of primary amides is 1. The number of aryl methyl sites for hydroxylation is 1. The molecular weight excluding hydrogens is 276 g/mol. The molecule has 0 bridgehead atoms. The van der Waals surface area contributed by atoms with Gasteiger partial charge in [0.15, 0.2) is 0 Å². The predicted octanol–water partition coefficient (Wildman–Crippen LogP) is 2.76. The molecule has 2 amide bonds. The average molecular weight is 294 g/mol. The fourth-order valence-electron chi connectivity index (χ4n) is 2.68. The summed E-state index contributed by atoms with van der Waals surface area (Å²) in [5.74, 6) is -0.471. The Morgan fingerprint density at radius 3 is 2.32 bits per heavy atom. The van der Waals surface area contributed by atoms with Crippen molar-refractivity contribution in [2.45, 2.75) is 25.2 Å². The van der Waals surface area contributed by atoms with E-state index in [0.717, 1.165) is 24.0 Å². The normalized spacial score (nSPS) is 15.1. The monoisotopic (exact) mass is 294 g/mol. The van der Waals surface area contributed by atoms with Crippen molar-refractivity contribution in [1.29, 1.82) is 0 Å². The minimum Gasteiger partial charge on any atom is -0.366 e. The van der Waals surface area contributed by atoms with Gasteiger partial charge in [0.1, 0.15) is 0 Å². The van der Waals surface area contributed by atoms with Gasteiger partial charge in [-0.05, 0) is 49.6 Å². The summed E-state index contributed by atoms with van der Waals surface area (Å²) in [5.41, 5.74) is 8.13. The van der Waals surface area contributed by atoms with Crippen molar-refractivity contribution in [3.05, 3.63) is 65.2 Å². The van der Waals surface area contributed by atoms with E-state index in [2.05, 4.69) is 11.4 Å². The maximum absolute atomic E-state index is 12.6. The van der Waals surface area contributed by atoms with Crippen LogP contribution in [0.15, 0.2) is 48.5 Å². The van der Waals surface area contributed by atoms with Gasteiger partial charge in [0.05, 0.1) is 5.41 Å². The molecule has 1 aliphatic rings. The second-order valence-corrected chi connectivity index (χ2v) is 5.85. The summed E-state index contributed by atoms with van der Waals surface area (Å²) >= 11 is 0. The highest BCUT2D eigenvalue weighted by Crippen LogP contribution is 2.49. The van der Waals surface area contributed by atoms with Crippen molar-refractivity contribution in [2.24, 2.45) is 5.73 Å². The molecule has 0 aliphatic heterocycles. The Bertz CT molecular complexity index is 731. The molecule has 0 radical (unpaired) electrons. The second kappa shape index (κ2) is 5.30. The van der Waals surface area contributed by atoms with E-state index in [9.17, 15) is 9.59 Å². The standard InChI is InChI=1S/C18H18N2O2/c1-12-3-2-4-14(11-12)18(9-10-18)17(22)20-15-7-5-13(6-8-15)16(19)21/h2-8,11H,9-10H2,1H3,(H2,19,21)(H,20,22). The molecule has 3 N–H and O–H groups in total. The van der Waals surface area contributed by atoms with E-state index >= 15 is 0 Å². The van der Waals surface area contributed by atoms with Crippen LogP contribution in [0, 0.1) is 6.92 Å². The molecule has 0 atom stereocenters. The van der Waals surface area contributed by atoms with Crippen LogP contribution in [0.5, 0.6) is 0 Å². The molecule has 2 aromatic carbocycles. The maximum Gasteiger partial charge on any atom is 0.248 e.